The highest BCUT2D eigenvalue weighted by Crippen LogP contribution is 2.33. The highest BCUT2D eigenvalue weighted by Gasteiger charge is 2.21. The highest BCUT2D eigenvalue weighted by molar-refractivity contribution is 6.42. The van der Waals surface area contributed by atoms with Crippen LogP contribution in [-0.2, 0) is 4.79 Å². The maximum absolute atomic E-state index is 12.2. The summed E-state index contributed by atoms with van der Waals surface area (Å²) in [5, 5.41) is 25.7. The number of hydrogen-bond acceptors (Lipinski definition) is 5. The Balaban J connectivity index is 2.14. The fourth-order valence-corrected chi connectivity index (χ4v) is 2.59. The van der Waals surface area contributed by atoms with E-state index >= 15 is 0 Å². The van der Waals surface area contributed by atoms with Crippen LogP contribution in [0.4, 0.5) is 0 Å². The monoisotopic (exact) mass is 380 g/mol. The first-order valence-corrected chi connectivity index (χ1v) is 7.65. The lowest BCUT2D eigenvalue weighted by atomic mass is 10.1. The fraction of sp³-hybridized carbons (Fsp3) is 0.0667. The number of aromatic hydroxyl groups is 1. The van der Waals surface area contributed by atoms with Gasteiger partial charge in [-0.2, -0.15) is 5.10 Å². The minimum absolute atomic E-state index is 0.224. The van der Waals surface area contributed by atoms with Crippen LogP contribution in [0.15, 0.2) is 30.6 Å². The Morgan fingerprint density at radius 1 is 1.20 bits per heavy atom. The average molecular weight is 381 g/mol. The number of pyridine rings is 1. The predicted molar refractivity (Wildman–Crippen MR) is 90.1 cm³/mol. The molecule has 0 spiro atoms. The van der Waals surface area contributed by atoms with Crippen molar-refractivity contribution in [1.29, 1.82) is 0 Å². The van der Waals surface area contributed by atoms with Gasteiger partial charge < -0.3 is 15.5 Å². The summed E-state index contributed by atoms with van der Waals surface area (Å²) >= 11 is 11.9. The third-order valence-corrected chi connectivity index (χ3v) is 4.11. The number of halogens is 2. The van der Waals surface area contributed by atoms with Crippen LogP contribution in [0.5, 0.6) is 5.75 Å². The topological polar surface area (TPSA) is 117 Å². The Morgan fingerprint density at radius 2 is 1.96 bits per heavy atom. The van der Waals surface area contributed by atoms with E-state index in [9.17, 15) is 14.7 Å². The molecule has 0 unspecified atom stereocenters. The lowest BCUT2D eigenvalue weighted by molar-refractivity contribution is -0.135. The Morgan fingerprint density at radius 3 is 2.64 bits per heavy atom. The zero-order valence-corrected chi connectivity index (χ0v) is 13.9. The number of carbonyl (C=O) groups is 2. The standard InChI is InChI=1S/C15H10Cl2N4O4/c16-9-2-1-7(3-10(9)17)8-4-11(22)13(15(25)18-5-12(23)24)21-14(8)19-6-20-21/h1-4,6,22H,5H2,(H,18,25)(H,23,24). The van der Waals surface area contributed by atoms with E-state index in [-0.39, 0.29) is 17.1 Å². The van der Waals surface area contributed by atoms with Gasteiger partial charge in [0, 0.05) is 5.56 Å². The second-order valence-electron chi connectivity index (χ2n) is 4.99. The molecule has 1 amide bonds. The van der Waals surface area contributed by atoms with E-state index in [0.717, 1.165) is 4.52 Å². The molecule has 2 aromatic heterocycles. The van der Waals surface area contributed by atoms with Crippen molar-refractivity contribution < 1.29 is 19.8 Å². The van der Waals surface area contributed by atoms with Gasteiger partial charge >= 0.3 is 5.97 Å². The van der Waals surface area contributed by atoms with Gasteiger partial charge in [-0.3, -0.25) is 9.59 Å². The summed E-state index contributed by atoms with van der Waals surface area (Å²) in [6.45, 7) is -0.594. The third kappa shape index (κ3) is 3.21. The molecular formula is C15H10Cl2N4O4. The van der Waals surface area contributed by atoms with Crippen molar-refractivity contribution in [1.82, 2.24) is 19.9 Å². The van der Waals surface area contributed by atoms with Crippen molar-refractivity contribution in [2.45, 2.75) is 0 Å². The van der Waals surface area contributed by atoms with E-state index in [1.54, 1.807) is 18.2 Å². The van der Waals surface area contributed by atoms with E-state index < -0.39 is 18.4 Å². The van der Waals surface area contributed by atoms with Crippen LogP contribution in [0, 0.1) is 0 Å². The Hall–Kier alpha value is -2.84. The number of aliphatic carboxylic acids is 1. The molecule has 0 aliphatic rings. The summed E-state index contributed by atoms with van der Waals surface area (Å²) in [7, 11) is 0. The van der Waals surface area contributed by atoms with Crippen LogP contribution >= 0.6 is 23.2 Å². The molecule has 0 atom stereocenters. The number of benzene rings is 1. The first-order valence-electron chi connectivity index (χ1n) is 6.89. The van der Waals surface area contributed by atoms with E-state index in [1.807, 2.05) is 0 Å². The largest absolute Gasteiger partial charge is 0.505 e. The number of fused-ring (bicyclic) bond motifs is 1. The van der Waals surface area contributed by atoms with Gasteiger partial charge in [-0.1, -0.05) is 29.3 Å². The second-order valence-corrected chi connectivity index (χ2v) is 5.81. The summed E-state index contributed by atoms with van der Waals surface area (Å²) in [4.78, 5) is 26.9. The molecule has 25 heavy (non-hydrogen) atoms. The quantitative estimate of drug-likeness (QED) is 0.638. The number of rotatable bonds is 4. The maximum Gasteiger partial charge on any atom is 0.322 e. The van der Waals surface area contributed by atoms with Crippen LogP contribution < -0.4 is 5.32 Å². The van der Waals surface area contributed by atoms with Gasteiger partial charge in [0.15, 0.2) is 11.3 Å². The number of carbonyl (C=O) groups excluding carboxylic acids is 1. The summed E-state index contributed by atoms with van der Waals surface area (Å²) < 4.78 is 1.13. The van der Waals surface area contributed by atoms with Crippen molar-refractivity contribution in [3.05, 3.63) is 46.3 Å². The minimum atomic E-state index is -1.21. The number of nitrogens with zero attached hydrogens (tertiary/aromatic N) is 3. The van der Waals surface area contributed by atoms with Crippen LogP contribution in [0.3, 0.4) is 0 Å². The zero-order valence-electron chi connectivity index (χ0n) is 12.4. The smallest absolute Gasteiger partial charge is 0.322 e. The van der Waals surface area contributed by atoms with Gasteiger partial charge in [0.25, 0.3) is 5.91 Å². The number of nitrogens with one attached hydrogen (secondary N) is 1. The molecule has 1 aromatic carbocycles. The van der Waals surface area contributed by atoms with E-state index in [1.165, 1.54) is 12.4 Å². The summed E-state index contributed by atoms with van der Waals surface area (Å²) in [5.41, 5.74) is 1.15. The molecule has 0 saturated carbocycles. The van der Waals surface area contributed by atoms with Gasteiger partial charge in [0.05, 0.1) is 10.0 Å². The maximum atomic E-state index is 12.2. The fourth-order valence-electron chi connectivity index (χ4n) is 2.30. The lowest BCUT2D eigenvalue weighted by Crippen LogP contribution is -2.30. The highest BCUT2D eigenvalue weighted by atomic mass is 35.5. The van der Waals surface area contributed by atoms with Crippen molar-refractivity contribution >= 4 is 40.7 Å². The molecule has 0 aliphatic heterocycles. The third-order valence-electron chi connectivity index (χ3n) is 3.37. The molecule has 0 fully saturated rings. The molecule has 0 aliphatic carbocycles. The molecule has 10 heteroatoms. The van der Waals surface area contributed by atoms with Gasteiger partial charge in [-0.05, 0) is 23.8 Å². The second kappa shape index (κ2) is 6.58. The molecule has 3 aromatic rings. The first kappa shape index (κ1) is 17.0. The minimum Gasteiger partial charge on any atom is -0.505 e. The van der Waals surface area contributed by atoms with E-state index in [0.29, 0.717) is 21.2 Å². The molecule has 3 N–H and O–H groups in total. The number of carboxylic acids is 1. The lowest BCUT2D eigenvalue weighted by Gasteiger charge is -2.11. The predicted octanol–water partition coefficient (Wildman–Crippen LogP) is 2.22. The van der Waals surface area contributed by atoms with Crippen molar-refractivity contribution in [3.63, 3.8) is 0 Å². The normalized spacial score (nSPS) is 10.8. The Labute approximate surface area is 150 Å². The van der Waals surface area contributed by atoms with Gasteiger partial charge in [-0.15, -0.1) is 0 Å². The molecule has 2 heterocycles. The Kier molecular flexibility index (Phi) is 4.47. The van der Waals surface area contributed by atoms with Gasteiger partial charge in [0.2, 0.25) is 0 Å². The molecule has 0 radical (unpaired) electrons. The molecule has 128 valence electrons. The Bertz CT molecular complexity index is 1000. The van der Waals surface area contributed by atoms with Gasteiger partial charge in [-0.25, -0.2) is 9.50 Å². The van der Waals surface area contributed by atoms with Crippen molar-refractivity contribution in [2.24, 2.45) is 0 Å². The number of aromatic nitrogens is 3. The zero-order chi connectivity index (χ0) is 18.1. The molecule has 0 bridgehead atoms. The van der Waals surface area contributed by atoms with Crippen LogP contribution in [-0.4, -0.2) is 43.2 Å². The molecule has 0 saturated heterocycles. The van der Waals surface area contributed by atoms with Crippen molar-refractivity contribution in [2.75, 3.05) is 6.54 Å². The number of hydrogen-bond donors (Lipinski definition) is 3. The van der Waals surface area contributed by atoms with Gasteiger partial charge in [0.1, 0.15) is 18.6 Å². The van der Waals surface area contributed by atoms with E-state index in [2.05, 4.69) is 15.4 Å². The molecule has 8 nitrogen and oxygen atoms in total. The van der Waals surface area contributed by atoms with Crippen LogP contribution in [0.2, 0.25) is 10.0 Å². The SMILES string of the molecule is O=C(O)CNC(=O)c1c(O)cc(-c2ccc(Cl)c(Cl)c2)c2ncnn12. The number of amides is 1. The van der Waals surface area contributed by atoms with Crippen molar-refractivity contribution in [3.8, 4) is 16.9 Å². The summed E-state index contributed by atoms with van der Waals surface area (Å²) in [6, 6.07) is 6.20. The summed E-state index contributed by atoms with van der Waals surface area (Å²) in [5.74, 6) is -2.40. The van der Waals surface area contributed by atoms with Crippen LogP contribution in [0.25, 0.3) is 16.8 Å². The van der Waals surface area contributed by atoms with E-state index in [4.69, 9.17) is 28.3 Å². The molecule has 3 rings (SSSR count). The first-order chi connectivity index (χ1) is 11.9. The summed E-state index contributed by atoms with van der Waals surface area (Å²) in [6.07, 6.45) is 1.21. The van der Waals surface area contributed by atoms with Crippen LogP contribution in [0.1, 0.15) is 10.5 Å². The molecular weight excluding hydrogens is 371 g/mol. The average Bonchev–Trinajstić information content (AvgIpc) is 3.03. The number of carboxylic acid groups (broad SMARTS) is 1.